The fourth-order valence-corrected chi connectivity index (χ4v) is 1.45. The first-order valence-electron chi connectivity index (χ1n) is 4.33. The highest BCUT2D eigenvalue weighted by Crippen LogP contribution is 2.50. The van der Waals surface area contributed by atoms with Crippen molar-refractivity contribution < 1.29 is 28.6 Å². The molecule has 0 N–H and O–H groups in total. The van der Waals surface area contributed by atoms with Gasteiger partial charge in [0.2, 0.25) is 5.41 Å². The van der Waals surface area contributed by atoms with Crippen LogP contribution in [0.25, 0.3) is 0 Å². The number of hydrogen-bond acceptors (Lipinski definition) is 6. The van der Waals surface area contributed by atoms with Crippen LogP contribution in [0.5, 0.6) is 0 Å². The zero-order chi connectivity index (χ0) is 11.6. The molecule has 0 bridgehead atoms. The van der Waals surface area contributed by atoms with Gasteiger partial charge in [0.05, 0.1) is 14.2 Å². The van der Waals surface area contributed by atoms with Crippen LogP contribution in [0.15, 0.2) is 0 Å². The molecule has 0 amide bonds. The highest BCUT2D eigenvalue weighted by atomic mass is 16.6. The van der Waals surface area contributed by atoms with Crippen LogP contribution in [-0.2, 0) is 28.6 Å². The van der Waals surface area contributed by atoms with E-state index in [0.717, 1.165) is 14.2 Å². The van der Waals surface area contributed by atoms with Gasteiger partial charge in [0.25, 0.3) is 0 Å². The number of ether oxygens (including phenoxy) is 3. The summed E-state index contributed by atoms with van der Waals surface area (Å²) in [5.41, 5.74) is -1.45. The molecule has 0 aromatic carbocycles. The van der Waals surface area contributed by atoms with Crippen molar-refractivity contribution in [1.29, 1.82) is 0 Å². The molecule has 0 aromatic rings. The molecule has 15 heavy (non-hydrogen) atoms. The topological polar surface area (TPSA) is 78.9 Å². The minimum Gasteiger partial charge on any atom is -0.468 e. The average molecular weight is 216 g/mol. The summed E-state index contributed by atoms with van der Waals surface area (Å²) in [6, 6.07) is 0. The third kappa shape index (κ3) is 1.79. The molecule has 1 saturated carbocycles. The smallest absolute Gasteiger partial charge is 0.327 e. The van der Waals surface area contributed by atoms with Crippen molar-refractivity contribution in [2.75, 3.05) is 14.2 Å². The number of methoxy groups -OCH3 is 2. The molecule has 0 radical (unpaired) electrons. The average Bonchev–Trinajstić information content (AvgIpc) is 2.90. The lowest BCUT2D eigenvalue weighted by molar-refractivity contribution is -0.164. The van der Waals surface area contributed by atoms with E-state index in [0.29, 0.717) is 0 Å². The van der Waals surface area contributed by atoms with Crippen LogP contribution in [0.4, 0.5) is 0 Å². The summed E-state index contributed by atoms with van der Waals surface area (Å²) in [7, 11) is 2.33. The van der Waals surface area contributed by atoms with E-state index < -0.39 is 29.4 Å². The fourth-order valence-electron chi connectivity index (χ4n) is 1.45. The second-order valence-corrected chi connectivity index (χ2v) is 3.26. The van der Waals surface area contributed by atoms with Crippen molar-refractivity contribution in [3.63, 3.8) is 0 Å². The molecule has 84 valence electrons. The molecule has 1 aliphatic rings. The molecular weight excluding hydrogens is 204 g/mol. The Morgan fingerprint density at radius 1 is 1.13 bits per heavy atom. The number of rotatable bonds is 3. The van der Waals surface area contributed by atoms with Crippen LogP contribution < -0.4 is 0 Å². The summed E-state index contributed by atoms with van der Waals surface area (Å²) in [6.07, 6.45) is -0.652. The minimum atomic E-state index is -1.45. The van der Waals surface area contributed by atoms with E-state index in [-0.39, 0.29) is 6.42 Å². The maximum Gasteiger partial charge on any atom is 0.327 e. The Hall–Kier alpha value is -1.59. The zero-order valence-corrected chi connectivity index (χ0v) is 8.73. The van der Waals surface area contributed by atoms with Gasteiger partial charge in [-0.05, 0) is 0 Å². The van der Waals surface area contributed by atoms with Crippen LogP contribution in [0, 0.1) is 5.41 Å². The van der Waals surface area contributed by atoms with Gasteiger partial charge in [0, 0.05) is 13.3 Å². The number of esters is 3. The lowest BCUT2D eigenvalue weighted by atomic mass is 10.1. The summed E-state index contributed by atoms with van der Waals surface area (Å²) in [5.74, 6) is -2.02. The van der Waals surface area contributed by atoms with E-state index in [1.807, 2.05) is 0 Å². The molecule has 1 rings (SSSR count). The molecule has 1 unspecified atom stereocenters. The third-order valence-corrected chi connectivity index (χ3v) is 2.30. The SMILES string of the molecule is COC(=O)C1(C(=O)OC)CC1OC(C)=O. The molecule has 6 heteroatoms. The Kier molecular flexibility index (Phi) is 2.97. The van der Waals surface area contributed by atoms with Gasteiger partial charge >= 0.3 is 17.9 Å². The molecule has 0 spiro atoms. The molecule has 1 aliphatic carbocycles. The van der Waals surface area contributed by atoms with E-state index in [9.17, 15) is 14.4 Å². The summed E-state index contributed by atoms with van der Waals surface area (Å²) in [5, 5.41) is 0. The maximum absolute atomic E-state index is 11.4. The van der Waals surface area contributed by atoms with Crippen LogP contribution in [0.1, 0.15) is 13.3 Å². The Balaban J connectivity index is 2.80. The largest absolute Gasteiger partial charge is 0.468 e. The zero-order valence-electron chi connectivity index (χ0n) is 8.73. The number of carbonyl (C=O) groups is 3. The van der Waals surface area contributed by atoms with Crippen LogP contribution in [0.2, 0.25) is 0 Å². The lowest BCUT2D eigenvalue weighted by Gasteiger charge is -2.11. The van der Waals surface area contributed by atoms with Gasteiger partial charge < -0.3 is 14.2 Å². The van der Waals surface area contributed by atoms with Crippen molar-refractivity contribution in [3.05, 3.63) is 0 Å². The summed E-state index contributed by atoms with van der Waals surface area (Å²) in [6.45, 7) is 1.21. The van der Waals surface area contributed by atoms with Gasteiger partial charge in [-0.1, -0.05) is 0 Å². The molecule has 1 fully saturated rings. The summed E-state index contributed by atoms with van der Waals surface area (Å²) < 4.78 is 13.7. The number of carbonyl (C=O) groups excluding carboxylic acids is 3. The predicted octanol–water partition coefficient (Wildman–Crippen LogP) is -0.346. The fraction of sp³-hybridized carbons (Fsp3) is 0.667. The van der Waals surface area contributed by atoms with Crippen molar-refractivity contribution >= 4 is 17.9 Å². The minimum absolute atomic E-state index is 0.117. The highest BCUT2D eigenvalue weighted by Gasteiger charge is 2.70. The molecule has 0 heterocycles. The number of hydrogen-bond donors (Lipinski definition) is 0. The first kappa shape index (κ1) is 11.5. The highest BCUT2D eigenvalue weighted by molar-refractivity contribution is 6.04. The van der Waals surface area contributed by atoms with Gasteiger partial charge in [-0.2, -0.15) is 0 Å². The van der Waals surface area contributed by atoms with Crippen molar-refractivity contribution in [2.24, 2.45) is 5.41 Å². The van der Waals surface area contributed by atoms with Crippen LogP contribution in [0.3, 0.4) is 0 Å². The summed E-state index contributed by atoms with van der Waals surface area (Å²) in [4.78, 5) is 33.4. The predicted molar refractivity (Wildman–Crippen MR) is 46.6 cm³/mol. The van der Waals surface area contributed by atoms with E-state index in [1.165, 1.54) is 6.92 Å². The van der Waals surface area contributed by atoms with Crippen LogP contribution in [-0.4, -0.2) is 38.2 Å². The quantitative estimate of drug-likeness (QED) is 0.364. The van der Waals surface area contributed by atoms with Crippen molar-refractivity contribution in [2.45, 2.75) is 19.4 Å². The second kappa shape index (κ2) is 3.88. The van der Waals surface area contributed by atoms with Gasteiger partial charge in [-0.25, -0.2) is 0 Å². The lowest BCUT2D eigenvalue weighted by Crippen LogP contribution is -2.32. The Morgan fingerprint density at radius 3 is 1.93 bits per heavy atom. The van der Waals surface area contributed by atoms with E-state index in [4.69, 9.17) is 4.74 Å². The molecule has 0 saturated heterocycles. The van der Waals surface area contributed by atoms with Gasteiger partial charge in [0.1, 0.15) is 6.10 Å². The molecular formula is C9H12O6. The van der Waals surface area contributed by atoms with Crippen molar-refractivity contribution in [3.8, 4) is 0 Å². The normalized spacial score (nSPS) is 21.4. The van der Waals surface area contributed by atoms with E-state index in [2.05, 4.69) is 9.47 Å². The second-order valence-electron chi connectivity index (χ2n) is 3.26. The summed E-state index contributed by atoms with van der Waals surface area (Å²) >= 11 is 0. The standard InChI is InChI=1S/C9H12O6/c1-5(10)15-6-4-9(6,7(11)13-2)8(12)14-3/h6H,4H2,1-3H3. The van der Waals surface area contributed by atoms with Gasteiger partial charge in [-0.15, -0.1) is 0 Å². The first-order valence-corrected chi connectivity index (χ1v) is 4.33. The van der Waals surface area contributed by atoms with Crippen molar-refractivity contribution in [1.82, 2.24) is 0 Å². The molecule has 6 nitrogen and oxygen atoms in total. The third-order valence-electron chi connectivity index (χ3n) is 2.30. The first-order chi connectivity index (χ1) is 6.98. The van der Waals surface area contributed by atoms with Gasteiger partial charge in [-0.3, -0.25) is 14.4 Å². The monoisotopic (exact) mass is 216 g/mol. The Bertz CT molecular complexity index is 292. The van der Waals surface area contributed by atoms with E-state index in [1.54, 1.807) is 0 Å². The van der Waals surface area contributed by atoms with Gasteiger partial charge in [0.15, 0.2) is 0 Å². The Labute approximate surface area is 86.5 Å². The van der Waals surface area contributed by atoms with Crippen LogP contribution >= 0.6 is 0 Å². The molecule has 0 aliphatic heterocycles. The molecule has 0 aromatic heterocycles. The van der Waals surface area contributed by atoms with E-state index >= 15 is 0 Å². The molecule has 1 atom stereocenters. The Morgan fingerprint density at radius 2 is 1.60 bits per heavy atom. The maximum atomic E-state index is 11.4.